The van der Waals surface area contributed by atoms with Crippen molar-refractivity contribution in [1.82, 2.24) is 9.80 Å². The van der Waals surface area contributed by atoms with Crippen molar-refractivity contribution in [2.75, 3.05) is 20.2 Å². The van der Waals surface area contributed by atoms with E-state index in [0.29, 0.717) is 6.54 Å². The van der Waals surface area contributed by atoms with Crippen LogP contribution in [0.2, 0.25) is 0 Å². The van der Waals surface area contributed by atoms with Crippen LogP contribution in [-0.2, 0) is 9.59 Å². The number of likely N-dealkylation sites (tertiary alicyclic amines) is 1. The maximum absolute atomic E-state index is 13.1. The van der Waals surface area contributed by atoms with Crippen LogP contribution in [0.3, 0.4) is 0 Å². The number of carbonyl (C=O) groups is 2. The predicted octanol–water partition coefficient (Wildman–Crippen LogP) is 2.65. The minimum Gasteiger partial charge on any atom is -0.394 e. The van der Waals surface area contributed by atoms with Crippen LogP contribution in [0.5, 0.6) is 0 Å². The van der Waals surface area contributed by atoms with E-state index in [-0.39, 0.29) is 42.2 Å². The molecule has 6 heteroatoms. The fraction of sp³-hybridized carbons (Fsp3) is 0.364. The summed E-state index contributed by atoms with van der Waals surface area (Å²) in [5, 5.41) is 9.85. The molecule has 0 saturated carbocycles. The Kier molecular flexibility index (Phi) is 5.79. The number of carbonyl (C=O) groups excluding carboxylic acids is 2. The normalized spacial score (nSPS) is 21.2. The first-order valence-electron chi connectivity index (χ1n) is 9.31. The van der Waals surface area contributed by atoms with Gasteiger partial charge in [0.05, 0.1) is 18.7 Å². The predicted molar refractivity (Wildman–Crippen MR) is 105 cm³/mol. The van der Waals surface area contributed by atoms with Crippen LogP contribution in [-0.4, -0.2) is 59.0 Å². The third-order valence-electron chi connectivity index (χ3n) is 5.57. The lowest BCUT2D eigenvalue weighted by molar-refractivity contribution is -0.151. The summed E-state index contributed by atoms with van der Waals surface area (Å²) in [7, 11) is 1.71. The zero-order valence-electron chi connectivity index (χ0n) is 16.3. The summed E-state index contributed by atoms with van der Waals surface area (Å²) in [6.07, 6.45) is 0. The monoisotopic (exact) mass is 384 g/mol. The highest BCUT2D eigenvalue weighted by Crippen LogP contribution is 2.41. The van der Waals surface area contributed by atoms with E-state index < -0.39 is 0 Å². The van der Waals surface area contributed by atoms with Crippen LogP contribution >= 0.6 is 0 Å². The molecule has 1 heterocycles. The molecule has 2 amide bonds. The topological polar surface area (TPSA) is 60.9 Å². The molecule has 28 heavy (non-hydrogen) atoms. The van der Waals surface area contributed by atoms with Crippen LogP contribution < -0.4 is 0 Å². The fourth-order valence-electron chi connectivity index (χ4n) is 4.01. The molecule has 0 unspecified atom stereocenters. The zero-order chi connectivity index (χ0) is 20.4. The average Bonchev–Trinajstić information content (AvgIpc) is 2.65. The summed E-state index contributed by atoms with van der Waals surface area (Å²) in [5.74, 6) is -0.512. The summed E-state index contributed by atoms with van der Waals surface area (Å²) in [6.45, 7) is 3.25. The molecule has 2 aromatic carbocycles. The van der Waals surface area contributed by atoms with E-state index in [0.717, 1.165) is 16.7 Å². The molecule has 2 aromatic rings. The quantitative estimate of drug-likeness (QED) is 0.862. The number of aliphatic hydroxyl groups is 1. The van der Waals surface area contributed by atoms with Crippen molar-refractivity contribution >= 4 is 11.8 Å². The lowest BCUT2D eigenvalue weighted by atomic mass is 9.74. The van der Waals surface area contributed by atoms with E-state index in [9.17, 15) is 19.1 Å². The van der Waals surface area contributed by atoms with E-state index >= 15 is 0 Å². The van der Waals surface area contributed by atoms with Crippen LogP contribution in [0.4, 0.5) is 4.39 Å². The van der Waals surface area contributed by atoms with Gasteiger partial charge >= 0.3 is 0 Å². The lowest BCUT2D eigenvalue weighted by Gasteiger charge is -2.55. The van der Waals surface area contributed by atoms with Crippen LogP contribution in [0.1, 0.15) is 25.3 Å². The second kappa shape index (κ2) is 8.10. The van der Waals surface area contributed by atoms with Gasteiger partial charge in [-0.3, -0.25) is 9.59 Å². The number of rotatable bonds is 5. The molecule has 148 valence electrons. The summed E-state index contributed by atoms with van der Waals surface area (Å²) < 4.78 is 13.1. The maximum Gasteiger partial charge on any atom is 0.220 e. The standard InChI is InChI=1S/C22H25FN2O3/c1-14(27)24(3)12-20-22(21(13-26)25(20)15(2)28)18-6-4-16(5-7-18)17-8-10-19(23)11-9-17/h4-11,20-22,26H,12-13H2,1-3H3/t20-,21+,22-/m1/s1. The largest absolute Gasteiger partial charge is 0.394 e. The Morgan fingerprint density at radius 1 is 1.00 bits per heavy atom. The second-order valence-corrected chi connectivity index (χ2v) is 7.30. The summed E-state index contributed by atoms with van der Waals surface area (Å²) in [6, 6.07) is 13.7. The number of halogens is 1. The van der Waals surface area contributed by atoms with Gasteiger partial charge in [0.1, 0.15) is 5.82 Å². The van der Waals surface area contributed by atoms with Crippen molar-refractivity contribution in [2.45, 2.75) is 31.8 Å². The minimum atomic E-state index is -0.306. The Morgan fingerprint density at radius 3 is 2.00 bits per heavy atom. The van der Waals surface area contributed by atoms with E-state index in [2.05, 4.69) is 0 Å². The molecule has 5 nitrogen and oxygen atoms in total. The number of hydrogen-bond donors (Lipinski definition) is 1. The van der Waals surface area contributed by atoms with Gasteiger partial charge in [0.15, 0.2) is 0 Å². The Hall–Kier alpha value is -2.73. The first-order chi connectivity index (χ1) is 13.3. The Morgan fingerprint density at radius 2 is 1.54 bits per heavy atom. The number of amides is 2. The number of likely N-dealkylation sites (N-methyl/N-ethyl adjacent to an activating group) is 1. The molecule has 1 fully saturated rings. The van der Waals surface area contributed by atoms with Crippen LogP contribution in [0, 0.1) is 5.82 Å². The van der Waals surface area contributed by atoms with Gasteiger partial charge in [-0.2, -0.15) is 0 Å². The maximum atomic E-state index is 13.1. The number of nitrogens with zero attached hydrogens (tertiary/aromatic N) is 2. The fourth-order valence-corrected chi connectivity index (χ4v) is 4.01. The molecule has 1 aliphatic heterocycles. The molecule has 0 bridgehead atoms. The summed E-state index contributed by atoms with van der Waals surface area (Å²) in [4.78, 5) is 27.0. The van der Waals surface area contributed by atoms with E-state index in [1.165, 1.54) is 26.0 Å². The van der Waals surface area contributed by atoms with Crippen molar-refractivity contribution in [3.05, 3.63) is 59.9 Å². The van der Waals surface area contributed by atoms with Crippen LogP contribution in [0.15, 0.2) is 48.5 Å². The molecule has 3 rings (SSSR count). The van der Waals surface area contributed by atoms with E-state index in [1.54, 1.807) is 29.0 Å². The lowest BCUT2D eigenvalue weighted by Crippen LogP contribution is -2.68. The highest BCUT2D eigenvalue weighted by molar-refractivity contribution is 5.77. The molecule has 3 atom stereocenters. The van der Waals surface area contributed by atoms with Gasteiger partial charge in [-0.1, -0.05) is 36.4 Å². The molecule has 0 radical (unpaired) electrons. The highest BCUT2D eigenvalue weighted by Gasteiger charge is 2.50. The summed E-state index contributed by atoms with van der Waals surface area (Å²) in [5.41, 5.74) is 2.88. The number of benzene rings is 2. The van der Waals surface area contributed by atoms with Gasteiger partial charge in [0, 0.05) is 33.4 Å². The highest BCUT2D eigenvalue weighted by atomic mass is 19.1. The summed E-state index contributed by atoms with van der Waals surface area (Å²) >= 11 is 0. The average molecular weight is 384 g/mol. The molecular weight excluding hydrogens is 359 g/mol. The van der Waals surface area contributed by atoms with Crippen molar-refractivity contribution < 1.29 is 19.1 Å². The third-order valence-corrected chi connectivity index (χ3v) is 5.57. The second-order valence-electron chi connectivity index (χ2n) is 7.30. The Labute approximate surface area is 164 Å². The molecule has 1 N–H and O–H groups in total. The van der Waals surface area contributed by atoms with Crippen molar-refractivity contribution in [3.8, 4) is 11.1 Å². The number of aliphatic hydroxyl groups excluding tert-OH is 1. The number of hydrogen-bond acceptors (Lipinski definition) is 3. The molecule has 0 spiro atoms. The van der Waals surface area contributed by atoms with Gasteiger partial charge in [-0.05, 0) is 28.8 Å². The SMILES string of the molecule is CC(=O)N(C)C[C@@H]1[C@@H](c2ccc(-c3ccc(F)cc3)cc2)[C@H](CO)N1C(C)=O. The van der Waals surface area contributed by atoms with Gasteiger partial charge in [0.2, 0.25) is 11.8 Å². The smallest absolute Gasteiger partial charge is 0.220 e. The van der Waals surface area contributed by atoms with E-state index in [4.69, 9.17) is 0 Å². The minimum absolute atomic E-state index is 0.0574. The Bertz CT molecular complexity index is 851. The van der Waals surface area contributed by atoms with Gasteiger partial charge in [-0.25, -0.2) is 4.39 Å². The van der Waals surface area contributed by atoms with Gasteiger partial charge in [0.25, 0.3) is 0 Å². The van der Waals surface area contributed by atoms with Gasteiger partial charge < -0.3 is 14.9 Å². The third kappa shape index (κ3) is 3.78. The first-order valence-corrected chi connectivity index (χ1v) is 9.31. The van der Waals surface area contributed by atoms with Gasteiger partial charge in [-0.15, -0.1) is 0 Å². The molecule has 0 aliphatic carbocycles. The molecular formula is C22H25FN2O3. The molecule has 1 saturated heterocycles. The van der Waals surface area contributed by atoms with Crippen LogP contribution in [0.25, 0.3) is 11.1 Å². The first kappa shape index (κ1) is 20.0. The van der Waals surface area contributed by atoms with E-state index in [1.807, 2.05) is 24.3 Å². The van der Waals surface area contributed by atoms with Crippen molar-refractivity contribution in [3.63, 3.8) is 0 Å². The van der Waals surface area contributed by atoms with Crippen molar-refractivity contribution in [1.29, 1.82) is 0 Å². The van der Waals surface area contributed by atoms with Crippen molar-refractivity contribution in [2.24, 2.45) is 0 Å². The zero-order valence-corrected chi connectivity index (χ0v) is 16.3. The molecule has 0 aromatic heterocycles. The molecule has 1 aliphatic rings. The Balaban J connectivity index is 1.87.